The Morgan fingerprint density at radius 2 is 1.87 bits per heavy atom. The van der Waals surface area contributed by atoms with Crippen molar-refractivity contribution in [3.63, 3.8) is 0 Å². The first kappa shape index (κ1) is 14.4. The van der Waals surface area contributed by atoms with Gasteiger partial charge in [-0.15, -0.1) is 0 Å². The van der Waals surface area contributed by atoms with E-state index in [2.05, 4.69) is 64.9 Å². The van der Waals surface area contributed by atoms with Crippen LogP contribution in [-0.4, -0.2) is 18.1 Å². The number of aromatic nitrogens is 1. The summed E-state index contributed by atoms with van der Waals surface area (Å²) in [6.07, 6.45) is 4.42. The lowest BCUT2D eigenvalue weighted by Gasteiger charge is -2.31. The predicted octanol–water partition coefficient (Wildman–Crippen LogP) is 4.37. The molecule has 0 bridgehead atoms. The van der Waals surface area contributed by atoms with Gasteiger partial charge in [0.2, 0.25) is 0 Å². The van der Waals surface area contributed by atoms with Crippen LogP contribution in [0.25, 0.3) is 10.9 Å². The SMILES string of the molecule is c1ccc(C(c2ccc3ncccc3c2)C2CCCNC2)cc1. The van der Waals surface area contributed by atoms with E-state index in [4.69, 9.17) is 0 Å². The number of pyridine rings is 1. The van der Waals surface area contributed by atoms with Gasteiger partial charge in [-0.25, -0.2) is 0 Å². The molecule has 0 aliphatic carbocycles. The molecule has 0 saturated carbocycles. The quantitative estimate of drug-likeness (QED) is 0.777. The molecule has 2 atom stereocenters. The lowest BCUT2D eigenvalue weighted by atomic mass is 9.77. The molecular weight excluding hydrogens is 280 g/mol. The number of hydrogen-bond donors (Lipinski definition) is 1. The maximum absolute atomic E-state index is 4.45. The summed E-state index contributed by atoms with van der Waals surface area (Å²) in [4.78, 5) is 4.45. The zero-order chi connectivity index (χ0) is 15.5. The molecule has 1 aromatic heterocycles. The Morgan fingerprint density at radius 1 is 0.957 bits per heavy atom. The van der Waals surface area contributed by atoms with Crippen LogP contribution in [0, 0.1) is 5.92 Å². The first-order chi connectivity index (χ1) is 11.4. The highest BCUT2D eigenvalue weighted by Gasteiger charge is 2.26. The number of nitrogens with zero attached hydrogens (tertiary/aromatic N) is 1. The van der Waals surface area contributed by atoms with Gasteiger partial charge in [-0.1, -0.05) is 42.5 Å². The van der Waals surface area contributed by atoms with Crippen molar-refractivity contribution in [1.82, 2.24) is 10.3 Å². The van der Waals surface area contributed by atoms with E-state index in [-0.39, 0.29) is 0 Å². The highest BCUT2D eigenvalue weighted by molar-refractivity contribution is 5.79. The Bertz CT molecular complexity index is 776. The van der Waals surface area contributed by atoms with Crippen molar-refractivity contribution in [2.45, 2.75) is 18.8 Å². The summed E-state index contributed by atoms with van der Waals surface area (Å²) in [5.41, 5.74) is 3.90. The molecule has 0 radical (unpaired) electrons. The van der Waals surface area contributed by atoms with Gasteiger partial charge in [0.15, 0.2) is 0 Å². The molecule has 1 N–H and O–H groups in total. The molecule has 4 rings (SSSR count). The molecule has 2 heteroatoms. The van der Waals surface area contributed by atoms with Gasteiger partial charge in [0.05, 0.1) is 5.52 Å². The van der Waals surface area contributed by atoms with Crippen LogP contribution in [0.2, 0.25) is 0 Å². The van der Waals surface area contributed by atoms with Crippen LogP contribution in [0.4, 0.5) is 0 Å². The van der Waals surface area contributed by atoms with Gasteiger partial charge in [-0.3, -0.25) is 4.98 Å². The molecular formula is C21H22N2. The standard InChI is InChI=1S/C21H22N2/c1-2-6-16(7-3-1)21(19-9-4-12-22-15-19)18-10-11-20-17(14-18)8-5-13-23-20/h1-3,5-8,10-11,13-14,19,21-22H,4,9,12,15H2. The average Bonchev–Trinajstić information content (AvgIpc) is 2.64. The van der Waals surface area contributed by atoms with E-state index >= 15 is 0 Å². The molecule has 3 aromatic rings. The first-order valence-electron chi connectivity index (χ1n) is 8.52. The molecule has 2 heterocycles. The van der Waals surface area contributed by atoms with Gasteiger partial charge in [-0.2, -0.15) is 0 Å². The third-order valence-corrected chi connectivity index (χ3v) is 4.95. The predicted molar refractivity (Wildman–Crippen MR) is 95.6 cm³/mol. The zero-order valence-corrected chi connectivity index (χ0v) is 13.3. The number of nitrogens with one attached hydrogen (secondary N) is 1. The molecule has 0 amide bonds. The van der Waals surface area contributed by atoms with Crippen LogP contribution >= 0.6 is 0 Å². The van der Waals surface area contributed by atoms with Gasteiger partial charge < -0.3 is 5.32 Å². The van der Waals surface area contributed by atoms with Crippen molar-refractivity contribution in [1.29, 1.82) is 0 Å². The molecule has 23 heavy (non-hydrogen) atoms. The smallest absolute Gasteiger partial charge is 0.0702 e. The average molecular weight is 302 g/mol. The van der Waals surface area contributed by atoms with E-state index < -0.39 is 0 Å². The summed E-state index contributed by atoms with van der Waals surface area (Å²) in [5.74, 6) is 1.11. The molecule has 1 saturated heterocycles. The van der Waals surface area contributed by atoms with E-state index in [0.29, 0.717) is 11.8 Å². The summed E-state index contributed by atoms with van der Waals surface area (Å²) in [7, 11) is 0. The minimum atomic E-state index is 0.452. The number of fused-ring (bicyclic) bond motifs is 1. The van der Waals surface area contributed by atoms with Crippen LogP contribution in [0.15, 0.2) is 66.9 Å². The monoisotopic (exact) mass is 302 g/mol. The lowest BCUT2D eigenvalue weighted by molar-refractivity contribution is 0.346. The van der Waals surface area contributed by atoms with Gasteiger partial charge in [0, 0.05) is 17.5 Å². The third-order valence-electron chi connectivity index (χ3n) is 4.95. The summed E-state index contributed by atoms with van der Waals surface area (Å²) >= 11 is 0. The third kappa shape index (κ3) is 2.99. The number of hydrogen-bond acceptors (Lipinski definition) is 2. The molecule has 0 spiro atoms. The van der Waals surface area contributed by atoms with Gasteiger partial charge in [-0.05, 0) is 61.2 Å². The van der Waals surface area contributed by atoms with E-state index in [1.165, 1.54) is 29.4 Å². The maximum atomic E-state index is 4.45. The number of benzene rings is 2. The fraction of sp³-hybridized carbons (Fsp3) is 0.286. The fourth-order valence-corrected chi connectivity index (χ4v) is 3.85. The zero-order valence-electron chi connectivity index (χ0n) is 13.3. The van der Waals surface area contributed by atoms with Crippen LogP contribution in [0.5, 0.6) is 0 Å². The summed E-state index contributed by atoms with van der Waals surface area (Å²) in [6.45, 7) is 2.25. The van der Waals surface area contributed by atoms with Crippen molar-refractivity contribution in [3.05, 3.63) is 78.0 Å². The fourth-order valence-electron chi connectivity index (χ4n) is 3.85. The molecule has 2 nitrogen and oxygen atoms in total. The molecule has 1 aliphatic heterocycles. The minimum absolute atomic E-state index is 0.452. The summed E-state index contributed by atoms with van der Waals surface area (Å²) in [5, 5.41) is 4.81. The van der Waals surface area contributed by atoms with Crippen molar-refractivity contribution in [2.24, 2.45) is 5.92 Å². The summed E-state index contributed by atoms with van der Waals surface area (Å²) in [6, 6.07) is 21.9. The van der Waals surface area contributed by atoms with Crippen LogP contribution in [0.1, 0.15) is 29.9 Å². The van der Waals surface area contributed by atoms with Crippen LogP contribution in [-0.2, 0) is 0 Å². The van der Waals surface area contributed by atoms with Crippen LogP contribution in [0.3, 0.4) is 0 Å². The Morgan fingerprint density at radius 3 is 2.70 bits per heavy atom. The van der Waals surface area contributed by atoms with Crippen molar-refractivity contribution >= 4 is 10.9 Å². The lowest BCUT2D eigenvalue weighted by Crippen LogP contribution is -2.33. The molecule has 1 aliphatic rings. The molecule has 1 fully saturated rings. The highest BCUT2D eigenvalue weighted by Crippen LogP contribution is 2.36. The Hall–Kier alpha value is -2.19. The minimum Gasteiger partial charge on any atom is -0.316 e. The van der Waals surface area contributed by atoms with E-state index in [9.17, 15) is 0 Å². The topological polar surface area (TPSA) is 24.9 Å². The van der Waals surface area contributed by atoms with Gasteiger partial charge in [0.25, 0.3) is 0 Å². The van der Waals surface area contributed by atoms with E-state index in [0.717, 1.165) is 18.6 Å². The van der Waals surface area contributed by atoms with Crippen molar-refractivity contribution in [3.8, 4) is 0 Å². The molecule has 116 valence electrons. The maximum Gasteiger partial charge on any atom is 0.0702 e. The first-order valence-corrected chi connectivity index (χ1v) is 8.52. The Labute approximate surface area is 137 Å². The van der Waals surface area contributed by atoms with Gasteiger partial charge in [0.1, 0.15) is 0 Å². The largest absolute Gasteiger partial charge is 0.316 e. The second-order valence-corrected chi connectivity index (χ2v) is 6.45. The Kier molecular flexibility index (Phi) is 4.08. The second-order valence-electron chi connectivity index (χ2n) is 6.45. The van der Waals surface area contributed by atoms with Crippen molar-refractivity contribution < 1.29 is 0 Å². The molecule has 2 aromatic carbocycles. The number of piperidine rings is 1. The normalized spacial score (nSPS) is 19.6. The summed E-state index contributed by atoms with van der Waals surface area (Å²) < 4.78 is 0. The van der Waals surface area contributed by atoms with Crippen molar-refractivity contribution in [2.75, 3.05) is 13.1 Å². The number of rotatable bonds is 3. The highest BCUT2D eigenvalue weighted by atomic mass is 14.9. The Balaban J connectivity index is 1.79. The second kappa shape index (κ2) is 6.51. The van der Waals surface area contributed by atoms with Gasteiger partial charge >= 0.3 is 0 Å². The van der Waals surface area contributed by atoms with E-state index in [1.54, 1.807) is 0 Å². The van der Waals surface area contributed by atoms with Crippen LogP contribution < -0.4 is 5.32 Å². The molecule has 2 unspecified atom stereocenters. The van der Waals surface area contributed by atoms with E-state index in [1.807, 2.05) is 12.3 Å².